The standard InChI is InChI=1S/C21H28Cl2N5O2P/c1-14(22)19(27-20(23)24-5)26-17-9-8-15(10-18(17)31(6,7)29)16-11-25-28(12-16)13-30-21(2,3)4/h8-12,26H,5,13H2,1-4,6-7H3/b19-14+,27-20?. The molecule has 1 aromatic heterocycles. The molecule has 1 aromatic carbocycles. The zero-order chi connectivity index (χ0) is 23.4. The predicted octanol–water partition coefficient (Wildman–Crippen LogP) is 5.71. The van der Waals surface area contributed by atoms with E-state index in [2.05, 4.69) is 27.1 Å². The number of rotatable bonds is 7. The molecule has 0 amide bonds. The van der Waals surface area contributed by atoms with Crippen molar-refractivity contribution in [2.75, 3.05) is 18.6 Å². The lowest BCUT2D eigenvalue weighted by atomic mass is 10.1. The molecule has 1 N–H and O–H groups in total. The Morgan fingerprint density at radius 2 is 1.97 bits per heavy atom. The molecule has 0 aliphatic carbocycles. The maximum Gasteiger partial charge on any atom is 0.223 e. The summed E-state index contributed by atoms with van der Waals surface area (Å²) in [5, 5.41) is 8.44. The van der Waals surface area contributed by atoms with Crippen LogP contribution >= 0.6 is 30.3 Å². The number of amidine groups is 1. The summed E-state index contributed by atoms with van der Waals surface area (Å²) in [5.74, 6) is 0.300. The fourth-order valence-corrected chi connectivity index (χ4v) is 3.89. The topological polar surface area (TPSA) is 80.9 Å². The molecule has 0 saturated heterocycles. The molecule has 10 heteroatoms. The van der Waals surface area contributed by atoms with Crippen LogP contribution in [0.5, 0.6) is 0 Å². The van der Waals surface area contributed by atoms with Gasteiger partial charge in [0.2, 0.25) is 5.29 Å². The van der Waals surface area contributed by atoms with E-state index in [1.807, 2.05) is 45.2 Å². The van der Waals surface area contributed by atoms with E-state index in [0.717, 1.165) is 11.1 Å². The van der Waals surface area contributed by atoms with E-state index in [1.54, 1.807) is 31.1 Å². The minimum atomic E-state index is -2.66. The van der Waals surface area contributed by atoms with Gasteiger partial charge in [0.05, 0.1) is 22.5 Å². The average Bonchev–Trinajstić information content (AvgIpc) is 3.13. The number of aliphatic imine (C=N–C) groups is 2. The number of ether oxygens (including phenoxy) is 1. The maximum absolute atomic E-state index is 13.0. The van der Waals surface area contributed by atoms with Gasteiger partial charge in [-0.2, -0.15) is 10.1 Å². The van der Waals surface area contributed by atoms with E-state index in [9.17, 15) is 4.57 Å². The Morgan fingerprint density at radius 3 is 2.52 bits per heavy atom. The van der Waals surface area contributed by atoms with E-state index in [0.29, 0.717) is 28.6 Å². The number of hydrogen-bond acceptors (Lipinski definition) is 5. The van der Waals surface area contributed by atoms with Crippen LogP contribution < -0.4 is 10.6 Å². The van der Waals surface area contributed by atoms with Crippen LogP contribution in [0, 0.1) is 0 Å². The van der Waals surface area contributed by atoms with Crippen molar-refractivity contribution < 1.29 is 9.30 Å². The third kappa shape index (κ3) is 7.62. The third-order valence-corrected chi connectivity index (χ3v) is 6.00. The van der Waals surface area contributed by atoms with E-state index in [1.165, 1.54) is 0 Å². The van der Waals surface area contributed by atoms with Gasteiger partial charge in [0, 0.05) is 17.1 Å². The average molecular weight is 484 g/mol. The summed E-state index contributed by atoms with van der Waals surface area (Å²) in [6.45, 7) is 14.7. The lowest BCUT2D eigenvalue weighted by molar-refractivity contribution is -0.0479. The second-order valence-corrected chi connectivity index (χ2v) is 12.4. The molecule has 0 aliphatic heterocycles. The van der Waals surface area contributed by atoms with Gasteiger partial charge in [0.15, 0.2) is 0 Å². The summed E-state index contributed by atoms with van der Waals surface area (Å²) in [5.41, 5.74) is 2.13. The second-order valence-electron chi connectivity index (χ2n) is 8.28. The highest BCUT2D eigenvalue weighted by Crippen LogP contribution is 2.39. The van der Waals surface area contributed by atoms with E-state index in [4.69, 9.17) is 27.9 Å². The number of nitrogens with zero attached hydrogens (tertiary/aromatic N) is 4. The van der Waals surface area contributed by atoms with Crippen LogP contribution in [0.4, 0.5) is 5.69 Å². The van der Waals surface area contributed by atoms with Crippen molar-refractivity contribution in [3.63, 3.8) is 0 Å². The summed E-state index contributed by atoms with van der Waals surface area (Å²) in [4.78, 5) is 7.68. The monoisotopic (exact) mass is 483 g/mol. The van der Waals surface area contributed by atoms with Crippen LogP contribution in [0.2, 0.25) is 0 Å². The summed E-state index contributed by atoms with van der Waals surface area (Å²) in [6.07, 6.45) is 3.64. The van der Waals surface area contributed by atoms with Crippen LogP contribution in [-0.2, 0) is 16.0 Å². The molecule has 0 unspecified atom stereocenters. The molecule has 0 radical (unpaired) electrons. The molecule has 0 aliphatic rings. The lowest BCUT2D eigenvalue weighted by Gasteiger charge is -2.19. The summed E-state index contributed by atoms with van der Waals surface area (Å²) >= 11 is 12.0. The molecule has 7 nitrogen and oxygen atoms in total. The Morgan fingerprint density at radius 1 is 1.29 bits per heavy atom. The number of allylic oxidation sites excluding steroid dienone is 1. The summed E-state index contributed by atoms with van der Waals surface area (Å²) < 4.78 is 20.5. The highest BCUT2D eigenvalue weighted by Gasteiger charge is 2.19. The van der Waals surface area contributed by atoms with Crippen molar-refractivity contribution in [1.82, 2.24) is 9.78 Å². The van der Waals surface area contributed by atoms with E-state index >= 15 is 0 Å². The number of anilines is 1. The first kappa shape index (κ1) is 25.3. The van der Waals surface area contributed by atoms with Crippen LogP contribution in [0.15, 0.2) is 51.4 Å². The van der Waals surface area contributed by atoms with Crippen molar-refractivity contribution in [1.29, 1.82) is 0 Å². The number of nitrogens with one attached hydrogen (secondary N) is 1. The highest BCUT2D eigenvalue weighted by molar-refractivity contribution is 7.70. The predicted molar refractivity (Wildman–Crippen MR) is 133 cm³/mol. The number of benzene rings is 1. The Hall–Kier alpha value is -1.92. The number of hydrogen-bond donors (Lipinski definition) is 1. The molecule has 2 rings (SSSR count). The summed E-state index contributed by atoms with van der Waals surface area (Å²) in [6, 6.07) is 5.62. The van der Waals surface area contributed by atoms with Crippen LogP contribution in [0.3, 0.4) is 0 Å². The molecular formula is C21H28Cl2N5O2P. The molecule has 1 heterocycles. The first-order chi connectivity index (χ1) is 14.3. The zero-order valence-corrected chi connectivity index (χ0v) is 21.0. The molecule has 0 bridgehead atoms. The molecular weight excluding hydrogens is 456 g/mol. The van der Waals surface area contributed by atoms with Crippen molar-refractivity contribution in [2.24, 2.45) is 9.98 Å². The number of aromatic nitrogens is 2. The first-order valence-corrected chi connectivity index (χ1v) is 12.9. The Bertz CT molecular complexity index is 1060. The lowest BCUT2D eigenvalue weighted by Crippen LogP contribution is -2.21. The largest absolute Gasteiger partial charge is 0.354 e. The van der Waals surface area contributed by atoms with Crippen molar-refractivity contribution in [2.45, 2.75) is 40.0 Å². The summed E-state index contributed by atoms with van der Waals surface area (Å²) in [7, 11) is -2.66. The SMILES string of the molecule is C=NC(Cl)=N/C(Nc1ccc(-c2cnn(COC(C)(C)C)c2)cc1P(C)(C)=O)=C(\C)Cl. The fraction of sp³-hybridized carbons (Fsp3) is 0.381. The van der Waals surface area contributed by atoms with Crippen molar-refractivity contribution in [3.05, 3.63) is 41.4 Å². The van der Waals surface area contributed by atoms with Gasteiger partial charge in [0.25, 0.3) is 0 Å². The van der Waals surface area contributed by atoms with Crippen LogP contribution in [0.25, 0.3) is 11.1 Å². The minimum absolute atomic E-state index is 0.0539. The van der Waals surface area contributed by atoms with Gasteiger partial charge in [0.1, 0.15) is 19.7 Å². The van der Waals surface area contributed by atoms with Gasteiger partial charge < -0.3 is 14.6 Å². The van der Waals surface area contributed by atoms with Gasteiger partial charge in [-0.15, -0.1) is 0 Å². The highest BCUT2D eigenvalue weighted by atomic mass is 35.5. The van der Waals surface area contributed by atoms with Crippen molar-refractivity contribution >= 4 is 53.3 Å². The molecule has 0 atom stereocenters. The van der Waals surface area contributed by atoms with Crippen LogP contribution in [0.1, 0.15) is 27.7 Å². The first-order valence-electron chi connectivity index (χ1n) is 9.51. The Balaban J connectivity index is 2.41. The van der Waals surface area contributed by atoms with E-state index < -0.39 is 7.14 Å². The van der Waals surface area contributed by atoms with Crippen LogP contribution in [-0.4, -0.2) is 40.7 Å². The van der Waals surface area contributed by atoms with Gasteiger partial charge >= 0.3 is 0 Å². The quantitative estimate of drug-likeness (QED) is 0.236. The molecule has 0 fully saturated rings. The fourth-order valence-electron chi connectivity index (χ4n) is 2.55. The van der Waals surface area contributed by atoms with E-state index in [-0.39, 0.29) is 10.9 Å². The molecule has 0 saturated carbocycles. The molecule has 0 spiro atoms. The molecule has 2 aromatic rings. The molecule has 168 valence electrons. The number of halogens is 2. The van der Waals surface area contributed by atoms with Crippen molar-refractivity contribution in [3.8, 4) is 11.1 Å². The minimum Gasteiger partial charge on any atom is -0.354 e. The normalized spacial score (nSPS) is 13.7. The van der Waals surface area contributed by atoms with Gasteiger partial charge in [-0.3, -0.25) is 0 Å². The van der Waals surface area contributed by atoms with Gasteiger partial charge in [-0.05, 0) is 77.0 Å². The molecule has 31 heavy (non-hydrogen) atoms. The Kier molecular flexibility index (Phi) is 8.28. The smallest absolute Gasteiger partial charge is 0.223 e. The van der Waals surface area contributed by atoms with Gasteiger partial charge in [-0.1, -0.05) is 17.7 Å². The second kappa shape index (κ2) is 10.1. The third-order valence-electron chi connectivity index (χ3n) is 4.09. The Labute approximate surface area is 193 Å². The maximum atomic E-state index is 13.0. The zero-order valence-electron chi connectivity index (χ0n) is 18.6. The van der Waals surface area contributed by atoms with Gasteiger partial charge in [-0.25, -0.2) is 9.67 Å².